The largest absolute Gasteiger partial charge is 0.338 e. The number of benzene rings is 1. The highest BCUT2D eigenvalue weighted by atomic mass is 35.5. The summed E-state index contributed by atoms with van der Waals surface area (Å²) < 4.78 is 0. The van der Waals surface area contributed by atoms with E-state index >= 15 is 0 Å². The zero-order valence-electron chi connectivity index (χ0n) is 9.89. The van der Waals surface area contributed by atoms with E-state index in [-0.39, 0.29) is 5.28 Å². The number of hydrogen-bond acceptors (Lipinski definition) is 5. The van der Waals surface area contributed by atoms with Crippen LogP contribution in [0.4, 0.5) is 11.5 Å². The zero-order valence-corrected chi connectivity index (χ0v) is 12.2. The summed E-state index contributed by atoms with van der Waals surface area (Å²) in [6, 6.07) is 8.99. The first kappa shape index (κ1) is 13.1. The van der Waals surface area contributed by atoms with Gasteiger partial charge in [-0.2, -0.15) is 10.2 Å². The van der Waals surface area contributed by atoms with Gasteiger partial charge < -0.3 is 5.32 Å². The van der Waals surface area contributed by atoms with E-state index in [1.54, 1.807) is 18.2 Å². The molecule has 0 unspecified atom stereocenters. The summed E-state index contributed by atoms with van der Waals surface area (Å²) in [4.78, 5) is 9.10. The number of nitriles is 1. The Morgan fingerprint density at radius 1 is 1.20 bits per heavy atom. The van der Waals surface area contributed by atoms with Gasteiger partial charge in [0.25, 0.3) is 0 Å². The van der Waals surface area contributed by atoms with Crippen molar-refractivity contribution in [1.82, 2.24) is 9.97 Å². The van der Waals surface area contributed by atoms with Crippen molar-refractivity contribution in [3.63, 3.8) is 0 Å². The average Bonchev–Trinajstić information content (AvgIpc) is 2.87. The summed E-state index contributed by atoms with van der Waals surface area (Å²) in [7, 11) is 0. The van der Waals surface area contributed by atoms with Crippen LogP contribution >= 0.6 is 34.5 Å². The topological polar surface area (TPSA) is 61.6 Å². The third kappa shape index (κ3) is 2.41. The molecule has 4 nitrogen and oxygen atoms in total. The smallest absolute Gasteiger partial charge is 0.225 e. The molecule has 1 N–H and O–H groups in total. The Hall–Kier alpha value is -1.87. The number of nitrogens with one attached hydrogen (secondary N) is 1. The number of fused-ring (bicyclic) bond motifs is 1. The third-order valence-electron chi connectivity index (χ3n) is 2.65. The summed E-state index contributed by atoms with van der Waals surface area (Å²) in [6.45, 7) is 0. The Morgan fingerprint density at radius 2 is 2.05 bits per heavy atom. The number of hydrogen-bond donors (Lipinski definition) is 1. The van der Waals surface area contributed by atoms with Crippen molar-refractivity contribution >= 4 is 56.3 Å². The average molecular weight is 321 g/mol. The van der Waals surface area contributed by atoms with Crippen molar-refractivity contribution in [2.24, 2.45) is 0 Å². The molecule has 3 aromatic rings. The van der Waals surface area contributed by atoms with Gasteiger partial charge in [-0.1, -0.05) is 11.6 Å². The van der Waals surface area contributed by atoms with Crippen molar-refractivity contribution in [3.8, 4) is 6.07 Å². The first-order valence-electron chi connectivity index (χ1n) is 5.55. The molecule has 0 bridgehead atoms. The van der Waals surface area contributed by atoms with E-state index in [9.17, 15) is 0 Å². The van der Waals surface area contributed by atoms with Gasteiger partial charge >= 0.3 is 0 Å². The van der Waals surface area contributed by atoms with Gasteiger partial charge in [0.05, 0.1) is 16.6 Å². The van der Waals surface area contributed by atoms with Gasteiger partial charge in [0, 0.05) is 5.02 Å². The minimum Gasteiger partial charge on any atom is -0.338 e. The van der Waals surface area contributed by atoms with E-state index in [1.807, 2.05) is 11.4 Å². The molecule has 0 aliphatic rings. The zero-order chi connectivity index (χ0) is 14.1. The predicted octanol–water partition coefficient (Wildman–Crippen LogP) is 4.61. The Morgan fingerprint density at radius 3 is 2.85 bits per heavy atom. The van der Waals surface area contributed by atoms with E-state index in [0.29, 0.717) is 22.1 Å². The van der Waals surface area contributed by atoms with Crippen LogP contribution in [0.25, 0.3) is 10.2 Å². The van der Waals surface area contributed by atoms with E-state index in [2.05, 4.69) is 21.4 Å². The molecule has 98 valence electrons. The first-order valence-corrected chi connectivity index (χ1v) is 7.18. The highest BCUT2D eigenvalue weighted by molar-refractivity contribution is 7.16. The molecule has 2 aromatic heterocycles. The van der Waals surface area contributed by atoms with E-state index in [1.165, 1.54) is 11.3 Å². The summed E-state index contributed by atoms with van der Waals surface area (Å²) in [6.07, 6.45) is 0. The normalized spacial score (nSPS) is 10.4. The molecule has 1 aromatic carbocycles. The highest BCUT2D eigenvalue weighted by Gasteiger charge is 2.10. The number of nitrogens with zero attached hydrogens (tertiary/aromatic N) is 3. The van der Waals surface area contributed by atoms with Gasteiger partial charge in [-0.25, -0.2) is 4.98 Å². The van der Waals surface area contributed by atoms with Gasteiger partial charge in [0.1, 0.15) is 16.7 Å². The maximum atomic E-state index is 9.13. The second kappa shape index (κ2) is 5.25. The lowest BCUT2D eigenvalue weighted by molar-refractivity contribution is 1.23. The molecule has 0 amide bonds. The third-order valence-corrected chi connectivity index (χ3v) is 3.86. The molecule has 0 atom stereocenters. The molecule has 0 spiro atoms. The Labute approximate surface area is 128 Å². The molecule has 2 heterocycles. The molecular formula is C13H6Cl2N4S. The van der Waals surface area contributed by atoms with Gasteiger partial charge in [-0.05, 0) is 41.2 Å². The minimum absolute atomic E-state index is 0.156. The standard InChI is InChI=1S/C13H6Cl2N4S/c14-8-2-1-7(6-16)10(5-8)17-11-9-3-4-20-12(9)19-13(15)18-11/h1-5H,(H,17,18,19). The monoisotopic (exact) mass is 320 g/mol. The van der Waals surface area contributed by atoms with Crippen LogP contribution in [0.15, 0.2) is 29.6 Å². The predicted molar refractivity (Wildman–Crippen MR) is 81.9 cm³/mol. The summed E-state index contributed by atoms with van der Waals surface area (Å²) in [5.41, 5.74) is 1.06. The van der Waals surface area contributed by atoms with E-state index in [4.69, 9.17) is 28.5 Å². The fraction of sp³-hybridized carbons (Fsp3) is 0. The van der Waals surface area contributed by atoms with Crippen LogP contribution in [-0.4, -0.2) is 9.97 Å². The summed E-state index contributed by atoms with van der Waals surface area (Å²) in [5.74, 6) is 0.556. The minimum atomic E-state index is 0.156. The first-order chi connectivity index (χ1) is 9.67. The van der Waals surface area contributed by atoms with Crippen molar-refractivity contribution in [2.75, 3.05) is 5.32 Å². The number of aromatic nitrogens is 2. The number of halogens is 2. The van der Waals surface area contributed by atoms with Crippen LogP contribution in [0.3, 0.4) is 0 Å². The van der Waals surface area contributed by atoms with E-state index in [0.717, 1.165) is 10.2 Å². The summed E-state index contributed by atoms with van der Waals surface area (Å²) >= 11 is 13.3. The van der Waals surface area contributed by atoms with Gasteiger partial charge in [0.2, 0.25) is 5.28 Å². The molecule has 7 heteroatoms. The molecular weight excluding hydrogens is 315 g/mol. The van der Waals surface area contributed by atoms with E-state index < -0.39 is 0 Å². The van der Waals surface area contributed by atoms with Crippen molar-refractivity contribution in [1.29, 1.82) is 5.26 Å². The lowest BCUT2D eigenvalue weighted by Gasteiger charge is -2.09. The van der Waals surface area contributed by atoms with Gasteiger partial charge in [-0.15, -0.1) is 11.3 Å². The maximum absolute atomic E-state index is 9.13. The van der Waals surface area contributed by atoms with Crippen LogP contribution in [-0.2, 0) is 0 Å². The van der Waals surface area contributed by atoms with Crippen LogP contribution in [0.1, 0.15) is 5.56 Å². The molecule has 20 heavy (non-hydrogen) atoms. The molecule has 0 aliphatic carbocycles. The Balaban J connectivity index is 2.12. The van der Waals surface area contributed by atoms with Crippen molar-refractivity contribution < 1.29 is 0 Å². The molecule has 0 fully saturated rings. The molecule has 0 aliphatic heterocycles. The van der Waals surface area contributed by atoms with Crippen molar-refractivity contribution in [3.05, 3.63) is 45.5 Å². The fourth-order valence-corrected chi connectivity index (χ4v) is 2.92. The molecule has 0 saturated carbocycles. The Kier molecular flexibility index (Phi) is 3.45. The number of thiophene rings is 1. The Bertz CT molecular complexity index is 838. The second-order valence-electron chi connectivity index (χ2n) is 3.91. The maximum Gasteiger partial charge on any atom is 0.225 e. The number of anilines is 2. The summed E-state index contributed by atoms with van der Waals surface area (Å²) in [5, 5.41) is 15.7. The second-order valence-corrected chi connectivity index (χ2v) is 5.58. The van der Waals surface area contributed by atoms with Crippen molar-refractivity contribution in [2.45, 2.75) is 0 Å². The van der Waals surface area contributed by atoms with Crippen LogP contribution < -0.4 is 5.32 Å². The van der Waals surface area contributed by atoms with Gasteiger partial charge in [-0.3, -0.25) is 0 Å². The molecule has 3 rings (SSSR count). The number of rotatable bonds is 2. The molecule has 0 saturated heterocycles. The van der Waals surface area contributed by atoms with Crippen LogP contribution in [0, 0.1) is 11.3 Å². The van der Waals surface area contributed by atoms with Gasteiger partial charge in [0.15, 0.2) is 0 Å². The fourth-order valence-electron chi connectivity index (χ4n) is 1.77. The SMILES string of the molecule is N#Cc1ccc(Cl)cc1Nc1nc(Cl)nc2sccc12. The van der Waals surface area contributed by atoms with Crippen LogP contribution in [0.5, 0.6) is 0 Å². The lowest BCUT2D eigenvalue weighted by Crippen LogP contribution is -1.98. The highest BCUT2D eigenvalue weighted by Crippen LogP contribution is 2.30. The van der Waals surface area contributed by atoms with Crippen LogP contribution in [0.2, 0.25) is 10.3 Å². The lowest BCUT2D eigenvalue weighted by atomic mass is 10.2. The molecule has 0 radical (unpaired) electrons. The quantitative estimate of drug-likeness (QED) is 0.700.